The number of rotatable bonds is 4. The Balaban J connectivity index is 1.71. The number of hydrazone groups is 1. The van der Waals surface area contributed by atoms with E-state index in [1.807, 2.05) is 18.4 Å². The van der Waals surface area contributed by atoms with Gasteiger partial charge >= 0.3 is 0 Å². The molecule has 0 unspecified atom stereocenters. The summed E-state index contributed by atoms with van der Waals surface area (Å²) in [5.41, 5.74) is 4.71. The Labute approximate surface area is 138 Å². The number of hydrogen-bond acceptors (Lipinski definition) is 4. The second-order valence-corrected chi connectivity index (χ2v) is 6.48. The summed E-state index contributed by atoms with van der Waals surface area (Å²) in [5.74, 6) is -0.508. The van der Waals surface area contributed by atoms with Crippen LogP contribution in [0.5, 0.6) is 0 Å². The lowest BCUT2D eigenvalue weighted by Crippen LogP contribution is -2.19. The van der Waals surface area contributed by atoms with Crippen LogP contribution in [0.15, 0.2) is 34.7 Å². The fraction of sp³-hybridized carbons (Fsp3) is 0.294. The van der Waals surface area contributed by atoms with E-state index in [2.05, 4.69) is 15.4 Å². The zero-order valence-corrected chi connectivity index (χ0v) is 13.7. The van der Waals surface area contributed by atoms with Gasteiger partial charge in [-0.2, -0.15) is 5.10 Å². The van der Waals surface area contributed by atoms with Gasteiger partial charge in [-0.25, -0.2) is 9.82 Å². The van der Waals surface area contributed by atoms with E-state index < -0.39 is 0 Å². The summed E-state index contributed by atoms with van der Waals surface area (Å²) in [6.45, 7) is 3.72. The molecular formula is C17H18FN3OS. The number of amides is 1. The van der Waals surface area contributed by atoms with Gasteiger partial charge in [0.15, 0.2) is 0 Å². The number of anilines is 1. The fourth-order valence-corrected chi connectivity index (χ4v) is 3.26. The summed E-state index contributed by atoms with van der Waals surface area (Å²) in [5, 5.41) is 5.76. The quantitative estimate of drug-likeness (QED) is 0.688. The standard InChI is InChI=1S/C17H18FN3OS/c1-12-9-15(21-6-2-3-7-21)14(18)10-13(12)11-19-20-17(22)16-5-4-8-23-16/h4-5,8-11H,2-3,6-7H2,1H3,(H,20,22)/b19-11+. The molecule has 4 nitrogen and oxygen atoms in total. The van der Waals surface area contributed by atoms with E-state index in [1.54, 1.807) is 12.1 Å². The molecule has 1 amide bonds. The van der Waals surface area contributed by atoms with Crippen molar-refractivity contribution in [1.82, 2.24) is 5.43 Å². The van der Waals surface area contributed by atoms with Crippen LogP contribution in [-0.2, 0) is 0 Å². The lowest BCUT2D eigenvalue weighted by Gasteiger charge is -2.19. The zero-order chi connectivity index (χ0) is 16.2. The van der Waals surface area contributed by atoms with Crippen molar-refractivity contribution in [3.8, 4) is 0 Å². The van der Waals surface area contributed by atoms with E-state index in [-0.39, 0.29) is 11.7 Å². The predicted molar refractivity (Wildman–Crippen MR) is 92.0 cm³/mol. The SMILES string of the molecule is Cc1cc(N2CCCC2)c(F)cc1/C=N/NC(=O)c1cccs1. The smallest absolute Gasteiger partial charge is 0.281 e. The van der Waals surface area contributed by atoms with Crippen LogP contribution < -0.4 is 10.3 Å². The Morgan fingerprint density at radius 2 is 2.17 bits per heavy atom. The molecule has 0 radical (unpaired) electrons. The molecule has 0 bridgehead atoms. The Bertz CT molecular complexity index is 722. The average Bonchev–Trinajstić information content (AvgIpc) is 3.22. The normalized spacial score (nSPS) is 14.6. The molecule has 0 saturated carbocycles. The Kier molecular flexibility index (Phi) is 4.71. The number of aryl methyl sites for hydroxylation is 1. The van der Waals surface area contributed by atoms with E-state index in [0.29, 0.717) is 16.1 Å². The molecule has 2 aromatic rings. The van der Waals surface area contributed by atoms with Gasteiger partial charge in [0.1, 0.15) is 5.82 Å². The lowest BCUT2D eigenvalue weighted by molar-refractivity contribution is 0.0959. The third kappa shape index (κ3) is 3.59. The zero-order valence-electron chi connectivity index (χ0n) is 12.9. The van der Waals surface area contributed by atoms with Crippen LogP contribution in [0.3, 0.4) is 0 Å². The molecule has 0 atom stereocenters. The molecule has 23 heavy (non-hydrogen) atoms. The highest BCUT2D eigenvalue weighted by Crippen LogP contribution is 2.26. The molecule has 1 aliphatic heterocycles. The van der Waals surface area contributed by atoms with Crippen LogP contribution in [0.1, 0.15) is 33.6 Å². The summed E-state index contributed by atoms with van der Waals surface area (Å²) in [4.78, 5) is 14.4. The molecule has 1 fully saturated rings. The van der Waals surface area contributed by atoms with Crippen molar-refractivity contribution in [1.29, 1.82) is 0 Å². The second kappa shape index (κ2) is 6.91. The van der Waals surface area contributed by atoms with Crippen molar-refractivity contribution in [3.05, 3.63) is 51.5 Å². The molecule has 120 valence electrons. The predicted octanol–water partition coefficient (Wildman–Crippen LogP) is 3.56. The van der Waals surface area contributed by atoms with Crippen LogP contribution in [0.25, 0.3) is 0 Å². The van der Waals surface area contributed by atoms with Gasteiger partial charge in [0.05, 0.1) is 16.8 Å². The van der Waals surface area contributed by atoms with Gasteiger partial charge in [0.25, 0.3) is 5.91 Å². The molecule has 1 N–H and O–H groups in total. The largest absolute Gasteiger partial charge is 0.369 e. The maximum absolute atomic E-state index is 14.3. The summed E-state index contributed by atoms with van der Waals surface area (Å²) in [7, 11) is 0. The van der Waals surface area contributed by atoms with Gasteiger partial charge in [-0.15, -0.1) is 11.3 Å². The van der Waals surface area contributed by atoms with Crippen molar-refractivity contribution in [2.75, 3.05) is 18.0 Å². The molecule has 3 rings (SSSR count). The van der Waals surface area contributed by atoms with Crippen LogP contribution in [0.2, 0.25) is 0 Å². The highest BCUT2D eigenvalue weighted by Gasteiger charge is 2.17. The lowest BCUT2D eigenvalue weighted by atomic mass is 10.1. The Hall–Kier alpha value is -2.21. The maximum Gasteiger partial charge on any atom is 0.281 e. The molecule has 0 aliphatic carbocycles. The summed E-state index contributed by atoms with van der Waals surface area (Å²) in [6.07, 6.45) is 3.70. The number of nitrogens with zero attached hydrogens (tertiary/aromatic N) is 2. The molecule has 1 aromatic carbocycles. The molecular weight excluding hydrogens is 313 g/mol. The minimum absolute atomic E-state index is 0.247. The highest BCUT2D eigenvalue weighted by atomic mass is 32.1. The first-order valence-electron chi connectivity index (χ1n) is 7.57. The third-order valence-electron chi connectivity index (χ3n) is 3.90. The van der Waals surface area contributed by atoms with Gasteiger partial charge in [-0.1, -0.05) is 6.07 Å². The number of hydrogen-bond donors (Lipinski definition) is 1. The van der Waals surface area contributed by atoms with Crippen molar-refractivity contribution < 1.29 is 9.18 Å². The minimum Gasteiger partial charge on any atom is -0.369 e. The molecule has 1 aliphatic rings. The molecule has 1 saturated heterocycles. The van der Waals surface area contributed by atoms with Crippen molar-refractivity contribution in [2.45, 2.75) is 19.8 Å². The Morgan fingerprint density at radius 1 is 1.39 bits per heavy atom. The molecule has 6 heteroatoms. The average molecular weight is 331 g/mol. The van der Waals surface area contributed by atoms with Crippen LogP contribution >= 0.6 is 11.3 Å². The highest BCUT2D eigenvalue weighted by molar-refractivity contribution is 7.12. The monoisotopic (exact) mass is 331 g/mol. The van der Waals surface area contributed by atoms with Gasteiger partial charge in [0.2, 0.25) is 0 Å². The third-order valence-corrected chi connectivity index (χ3v) is 4.77. The van der Waals surface area contributed by atoms with Gasteiger partial charge in [-0.3, -0.25) is 4.79 Å². The number of carbonyl (C=O) groups excluding carboxylic acids is 1. The number of thiophene rings is 1. The van der Waals surface area contributed by atoms with E-state index in [1.165, 1.54) is 23.6 Å². The van der Waals surface area contributed by atoms with Crippen molar-refractivity contribution >= 4 is 29.1 Å². The van der Waals surface area contributed by atoms with Crippen LogP contribution in [0, 0.1) is 12.7 Å². The molecule has 0 spiro atoms. The summed E-state index contributed by atoms with van der Waals surface area (Å²) < 4.78 is 14.3. The van der Waals surface area contributed by atoms with E-state index in [0.717, 1.165) is 31.5 Å². The Morgan fingerprint density at radius 3 is 2.87 bits per heavy atom. The van der Waals surface area contributed by atoms with Crippen LogP contribution in [0.4, 0.5) is 10.1 Å². The number of nitrogens with one attached hydrogen (secondary N) is 1. The molecule has 1 aromatic heterocycles. The fourth-order valence-electron chi connectivity index (χ4n) is 2.64. The van der Waals surface area contributed by atoms with Gasteiger partial charge in [-0.05, 0) is 48.9 Å². The van der Waals surface area contributed by atoms with Gasteiger partial charge < -0.3 is 4.90 Å². The number of benzene rings is 1. The second-order valence-electron chi connectivity index (χ2n) is 5.53. The first-order chi connectivity index (χ1) is 11.1. The van der Waals surface area contributed by atoms with Crippen molar-refractivity contribution in [2.24, 2.45) is 5.10 Å². The number of halogens is 1. The van der Waals surface area contributed by atoms with E-state index in [4.69, 9.17) is 0 Å². The number of carbonyl (C=O) groups is 1. The summed E-state index contributed by atoms with van der Waals surface area (Å²) in [6, 6.07) is 6.86. The minimum atomic E-state index is -0.261. The maximum atomic E-state index is 14.3. The molecule has 2 heterocycles. The first kappa shape index (κ1) is 15.7. The summed E-state index contributed by atoms with van der Waals surface area (Å²) >= 11 is 1.35. The van der Waals surface area contributed by atoms with E-state index in [9.17, 15) is 9.18 Å². The van der Waals surface area contributed by atoms with E-state index >= 15 is 0 Å². The topological polar surface area (TPSA) is 44.7 Å². The van der Waals surface area contributed by atoms with Gasteiger partial charge in [0, 0.05) is 18.7 Å². The first-order valence-corrected chi connectivity index (χ1v) is 8.45. The van der Waals surface area contributed by atoms with Crippen LogP contribution in [-0.4, -0.2) is 25.2 Å². The van der Waals surface area contributed by atoms with Crippen molar-refractivity contribution in [3.63, 3.8) is 0 Å².